The number of anilines is 1. The van der Waals surface area contributed by atoms with Gasteiger partial charge in [-0.05, 0) is 31.4 Å². The van der Waals surface area contributed by atoms with E-state index in [-0.39, 0.29) is 11.9 Å². The Labute approximate surface area is 197 Å². The van der Waals surface area contributed by atoms with Gasteiger partial charge in [0.1, 0.15) is 0 Å². The van der Waals surface area contributed by atoms with E-state index >= 15 is 0 Å². The molecule has 32 heavy (non-hydrogen) atoms. The Hall–Kier alpha value is -1.84. The molecule has 0 aliphatic rings. The van der Waals surface area contributed by atoms with Gasteiger partial charge in [-0.15, -0.1) is 0 Å². The van der Waals surface area contributed by atoms with Gasteiger partial charge in [-0.2, -0.15) is 0 Å². The summed E-state index contributed by atoms with van der Waals surface area (Å²) in [7, 11) is 0. The van der Waals surface area contributed by atoms with Crippen molar-refractivity contribution in [2.45, 2.75) is 117 Å². The summed E-state index contributed by atoms with van der Waals surface area (Å²) in [6, 6.07) is 9.80. The monoisotopic (exact) mass is 445 g/mol. The van der Waals surface area contributed by atoms with Crippen LogP contribution in [0, 0.1) is 0 Å². The fraction of sp³-hybridized carbons (Fsp3) is 0.714. The lowest BCUT2D eigenvalue weighted by Crippen LogP contribution is -2.31. The van der Waals surface area contributed by atoms with E-state index < -0.39 is 0 Å². The van der Waals surface area contributed by atoms with Gasteiger partial charge in [0, 0.05) is 25.1 Å². The Bertz CT molecular complexity index is 588. The van der Waals surface area contributed by atoms with Gasteiger partial charge in [0.05, 0.1) is 6.61 Å². The van der Waals surface area contributed by atoms with Crippen LogP contribution in [-0.4, -0.2) is 25.0 Å². The van der Waals surface area contributed by atoms with Crippen molar-refractivity contribution in [3.05, 3.63) is 30.3 Å². The first-order valence-corrected chi connectivity index (χ1v) is 13.2. The summed E-state index contributed by atoms with van der Waals surface area (Å²) < 4.78 is 5.35. The fourth-order valence-electron chi connectivity index (χ4n) is 3.87. The predicted molar refractivity (Wildman–Crippen MR) is 135 cm³/mol. The van der Waals surface area contributed by atoms with E-state index in [0.29, 0.717) is 25.9 Å². The second-order valence-corrected chi connectivity index (χ2v) is 8.84. The van der Waals surface area contributed by atoms with E-state index in [1.54, 1.807) is 0 Å². The second kappa shape index (κ2) is 19.8. The summed E-state index contributed by atoms with van der Waals surface area (Å²) in [5.41, 5.74) is 0.935. The van der Waals surface area contributed by atoms with Crippen molar-refractivity contribution in [3.8, 4) is 0 Å². The summed E-state index contributed by atoms with van der Waals surface area (Å²) in [5.74, 6) is -0.0903. The zero-order valence-corrected chi connectivity index (χ0v) is 20.8. The number of para-hydroxylation sites is 1. The molecule has 0 radical (unpaired) electrons. The molecule has 0 heterocycles. The summed E-state index contributed by atoms with van der Waals surface area (Å²) in [4.78, 5) is 26.5. The normalized spacial score (nSPS) is 10.8. The molecular weight excluding hydrogens is 398 g/mol. The van der Waals surface area contributed by atoms with Gasteiger partial charge >= 0.3 is 5.97 Å². The Morgan fingerprint density at radius 1 is 0.688 bits per heavy atom. The van der Waals surface area contributed by atoms with Crippen molar-refractivity contribution in [3.63, 3.8) is 0 Å². The number of hydrogen-bond donors (Lipinski definition) is 0. The van der Waals surface area contributed by atoms with Crippen LogP contribution in [0.15, 0.2) is 30.3 Å². The van der Waals surface area contributed by atoms with Gasteiger partial charge < -0.3 is 9.64 Å². The summed E-state index contributed by atoms with van der Waals surface area (Å²) in [6.45, 7) is 5.62. The van der Waals surface area contributed by atoms with Crippen LogP contribution < -0.4 is 4.90 Å². The molecule has 4 nitrogen and oxygen atoms in total. The van der Waals surface area contributed by atoms with Gasteiger partial charge in [0.2, 0.25) is 5.91 Å². The second-order valence-electron chi connectivity index (χ2n) is 8.84. The van der Waals surface area contributed by atoms with E-state index in [4.69, 9.17) is 4.74 Å². The van der Waals surface area contributed by atoms with Gasteiger partial charge in [-0.25, -0.2) is 0 Å². The van der Waals surface area contributed by atoms with Gasteiger partial charge in [0.15, 0.2) is 0 Å². The first-order valence-electron chi connectivity index (χ1n) is 13.2. The van der Waals surface area contributed by atoms with E-state index in [9.17, 15) is 9.59 Å². The van der Waals surface area contributed by atoms with Crippen LogP contribution >= 0.6 is 0 Å². The molecule has 0 aliphatic carbocycles. The third-order valence-electron chi connectivity index (χ3n) is 5.89. The van der Waals surface area contributed by atoms with Crippen molar-refractivity contribution < 1.29 is 14.3 Å². The van der Waals surface area contributed by atoms with Crippen LogP contribution in [0.2, 0.25) is 0 Å². The average Bonchev–Trinajstić information content (AvgIpc) is 2.80. The summed E-state index contributed by atoms with van der Waals surface area (Å²) >= 11 is 0. The van der Waals surface area contributed by atoms with Crippen LogP contribution in [0.25, 0.3) is 0 Å². The molecule has 0 bridgehead atoms. The third kappa shape index (κ3) is 14.3. The lowest BCUT2D eigenvalue weighted by Gasteiger charge is -2.22. The minimum absolute atomic E-state index is 0.0859. The van der Waals surface area contributed by atoms with Gasteiger partial charge in [-0.3, -0.25) is 9.59 Å². The summed E-state index contributed by atoms with van der Waals surface area (Å²) in [5, 5.41) is 0. The molecule has 0 saturated carbocycles. The van der Waals surface area contributed by atoms with Crippen molar-refractivity contribution in [1.29, 1.82) is 0 Å². The lowest BCUT2D eigenvalue weighted by molar-refractivity contribution is -0.143. The fourth-order valence-corrected chi connectivity index (χ4v) is 3.87. The van der Waals surface area contributed by atoms with Crippen LogP contribution in [0.5, 0.6) is 0 Å². The number of ether oxygens (including phenoxy) is 1. The number of esters is 1. The highest BCUT2D eigenvalue weighted by molar-refractivity contribution is 5.93. The summed E-state index contributed by atoms with van der Waals surface area (Å²) in [6.07, 6.45) is 17.4. The number of benzene rings is 1. The van der Waals surface area contributed by atoms with Crippen LogP contribution in [0.4, 0.5) is 5.69 Å². The minimum Gasteiger partial charge on any atom is -0.466 e. The van der Waals surface area contributed by atoms with Crippen molar-refractivity contribution in [1.82, 2.24) is 0 Å². The first-order chi connectivity index (χ1) is 15.7. The zero-order chi connectivity index (χ0) is 23.3. The number of carbonyl (C=O) groups excluding carboxylic acids is 2. The first kappa shape index (κ1) is 28.2. The molecule has 0 fully saturated rings. The molecule has 1 rings (SSSR count). The topological polar surface area (TPSA) is 46.6 Å². The number of nitrogens with zero attached hydrogens (tertiary/aromatic N) is 1. The highest BCUT2D eigenvalue weighted by atomic mass is 16.5. The SMILES string of the molecule is CCCCCCCCCCCCCOC(=O)CCCC(=O)N(CCCC)c1ccccc1. The molecule has 1 amide bonds. The van der Waals surface area contributed by atoms with Crippen molar-refractivity contribution >= 4 is 17.6 Å². The molecule has 0 unspecified atom stereocenters. The highest BCUT2D eigenvalue weighted by Crippen LogP contribution is 2.17. The van der Waals surface area contributed by atoms with Gasteiger partial charge in [-0.1, -0.05) is 103 Å². The highest BCUT2D eigenvalue weighted by Gasteiger charge is 2.15. The maximum absolute atomic E-state index is 12.7. The van der Waals surface area contributed by atoms with Crippen molar-refractivity contribution in [2.75, 3.05) is 18.1 Å². The van der Waals surface area contributed by atoms with E-state index in [2.05, 4.69) is 13.8 Å². The molecule has 1 aromatic carbocycles. The lowest BCUT2D eigenvalue weighted by atomic mass is 10.1. The molecule has 1 aromatic rings. The molecule has 182 valence electrons. The number of hydrogen-bond acceptors (Lipinski definition) is 3. The molecule has 0 spiro atoms. The van der Waals surface area contributed by atoms with Crippen LogP contribution in [-0.2, 0) is 14.3 Å². The maximum atomic E-state index is 12.7. The number of rotatable bonds is 20. The van der Waals surface area contributed by atoms with E-state index in [1.165, 1.54) is 57.8 Å². The molecule has 0 saturated heterocycles. The van der Waals surface area contributed by atoms with E-state index in [1.807, 2.05) is 35.2 Å². The van der Waals surface area contributed by atoms with Crippen molar-refractivity contribution in [2.24, 2.45) is 0 Å². The number of amides is 1. The minimum atomic E-state index is -0.176. The third-order valence-corrected chi connectivity index (χ3v) is 5.89. The maximum Gasteiger partial charge on any atom is 0.305 e. The molecule has 0 aliphatic heterocycles. The number of unbranched alkanes of at least 4 members (excludes halogenated alkanes) is 11. The molecule has 4 heteroatoms. The Morgan fingerprint density at radius 3 is 1.84 bits per heavy atom. The van der Waals surface area contributed by atoms with Gasteiger partial charge in [0.25, 0.3) is 0 Å². The van der Waals surface area contributed by atoms with E-state index in [0.717, 1.165) is 37.9 Å². The quantitative estimate of drug-likeness (QED) is 0.152. The average molecular weight is 446 g/mol. The Kier molecular flexibility index (Phi) is 17.5. The number of carbonyl (C=O) groups is 2. The smallest absolute Gasteiger partial charge is 0.305 e. The Balaban J connectivity index is 2.06. The zero-order valence-electron chi connectivity index (χ0n) is 20.8. The molecule has 0 N–H and O–H groups in total. The van der Waals surface area contributed by atoms with Crippen LogP contribution in [0.1, 0.15) is 117 Å². The largest absolute Gasteiger partial charge is 0.466 e. The Morgan fingerprint density at radius 2 is 1.25 bits per heavy atom. The molecule has 0 atom stereocenters. The molecular formula is C28H47NO3. The predicted octanol–water partition coefficient (Wildman–Crippen LogP) is 7.84. The van der Waals surface area contributed by atoms with Crippen LogP contribution in [0.3, 0.4) is 0 Å². The molecule has 0 aromatic heterocycles. The standard InChI is InChI=1S/C28H47NO3/c1-3-5-7-8-9-10-11-12-13-14-18-25-32-28(31)23-19-22-27(30)29(24-6-4-2)26-20-16-15-17-21-26/h15-17,20-21H,3-14,18-19,22-25H2,1-2H3.